The van der Waals surface area contributed by atoms with E-state index in [1.165, 1.54) is 5.56 Å². The highest BCUT2D eigenvalue weighted by Crippen LogP contribution is 2.46. The van der Waals surface area contributed by atoms with E-state index in [2.05, 4.69) is 46.6 Å². The summed E-state index contributed by atoms with van der Waals surface area (Å²) in [5.41, 5.74) is 6.50. The van der Waals surface area contributed by atoms with Gasteiger partial charge in [0.05, 0.1) is 24.0 Å². The number of hydrogen-bond acceptors (Lipinski definition) is 7. The number of aryl methyl sites for hydroxylation is 1. The second kappa shape index (κ2) is 9.92. The number of rotatable bonds is 8. The third-order valence-electron chi connectivity index (χ3n) is 8.46. The molecule has 4 heterocycles. The van der Waals surface area contributed by atoms with Gasteiger partial charge in [-0.25, -0.2) is 9.78 Å². The van der Waals surface area contributed by atoms with Gasteiger partial charge in [-0.05, 0) is 63.1 Å². The van der Waals surface area contributed by atoms with E-state index in [0.29, 0.717) is 24.6 Å². The Balaban J connectivity index is 1.05. The van der Waals surface area contributed by atoms with Gasteiger partial charge in [0.1, 0.15) is 11.5 Å². The Morgan fingerprint density at radius 3 is 2.51 bits per heavy atom. The number of carboxylic acids is 1. The van der Waals surface area contributed by atoms with Crippen LogP contribution in [0.3, 0.4) is 0 Å². The smallest absolute Gasteiger partial charge is 0.335 e. The molecule has 1 N–H and O–H groups in total. The molecule has 3 aliphatic rings. The summed E-state index contributed by atoms with van der Waals surface area (Å²) in [6.45, 7) is 2.66. The molecule has 0 spiro atoms. The molecule has 39 heavy (non-hydrogen) atoms. The number of hydrogen-bond donors (Lipinski definition) is 1. The molecule has 2 aromatic heterocycles. The molecule has 2 aromatic carbocycles. The van der Waals surface area contributed by atoms with Gasteiger partial charge >= 0.3 is 5.97 Å². The molecular weight excluding hydrogens is 510 g/mol. The maximum atomic E-state index is 11.2. The third kappa shape index (κ3) is 4.66. The van der Waals surface area contributed by atoms with Crippen molar-refractivity contribution < 1.29 is 19.2 Å². The average Bonchev–Trinajstić information content (AvgIpc) is 3.41. The minimum atomic E-state index is -0.915. The van der Waals surface area contributed by atoms with E-state index < -0.39 is 5.97 Å². The second-order valence-electron chi connectivity index (χ2n) is 11.1. The lowest BCUT2D eigenvalue weighted by Crippen LogP contribution is -2.45. The molecule has 7 nitrogen and oxygen atoms in total. The molecule has 2 saturated heterocycles. The number of nitrogens with zero attached hydrogens (tertiary/aromatic N) is 3. The van der Waals surface area contributed by atoms with E-state index in [0.717, 1.165) is 77.5 Å². The van der Waals surface area contributed by atoms with Crippen LogP contribution in [0.2, 0.25) is 0 Å². The molecule has 2 bridgehead atoms. The number of aromatic nitrogens is 2. The molecular formula is C31H31N3O4S. The first kappa shape index (κ1) is 24.5. The zero-order valence-electron chi connectivity index (χ0n) is 21.9. The summed E-state index contributed by atoms with van der Waals surface area (Å²) in [7, 11) is 0. The molecule has 0 radical (unpaired) electrons. The van der Waals surface area contributed by atoms with Crippen LogP contribution in [0.15, 0.2) is 58.4 Å². The van der Waals surface area contributed by atoms with Crippen LogP contribution >= 0.6 is 11.3 Å². The quantitative estimate of drug-likeness (QED) is 0.255. The molecule has 2 aliphatic heterocycles. The largest absolute Gasteiger partial charge is 0.478 e. The number of ether oxygens (including phenoxy) is 1. The van der Waals surface area contributed by atoms with E-state index in [4.69, 9.17) is 14.2 Å². The normalized spacial score (nSPS) is 22.4. The van der Waals surface area contributed by atoms with Gasteiger partial charge in [-0.2, -0.15) is 0 Å². The predicted octanol–water partition coefficient (Wildman–Crippen LogP) is 7.07. The Labute approximate surface area is 231 Å². The SMILES string of the molecule is Cc1ccccc1-c1noc(C2CC2)c1CO[C@H]1C[C@H]2CC[C@@H](C1)N2c1nc(-c2ccc(C(=O)O)cc2)cs1. The second-order valence-corrected chi connectivity index (χ2v) is 11.9. The van der Waals surface area contributed by atoms with Crippen molar-refractivity contribution in [2.45, 2.75) is 76.2 Å². The molecule has 4 aromatic rings. The van der Waals surface area contributed by atoms with Crippen LogP contribution in [-0.2, 0) is 11.3 Å². The van der Waals surface area contributed by atoms with Gasteiger partial charge in [0.2, 0.25) is 0 Å². The van der Waals surface area contributed by atoms with Crippen LogP contribution < -0.4 is 4.90 Å². The number of anilines is 1. The topological polar surface area (TPSA) is 88.7 Å². The van der Waals surface area contributed by atoms with E-state index in [1.807, 2.05) is 12.1 Å². The maximum absolute atomic E-state index is 11.2. The summed E-state index contributed by atoms with van der Waals surface area (Å²) in [5.74, 6) is 0.577. The summed E-state index contributed by atoms with van der Waals surface area (Å²) in [4.78, 5) is 18.6. The van der Waals surface area contributed by atoms with Crippen LogP contribution in [0.4, 0.5) is 5.13 Å². The van der Waals surface area contributed by atoms with Crippen LogP contribution in [-0.4, -0.2) is 39.4 Å². The monoisotopic (exact) mass is 541 g/mol. The van der Waals surface area contributed by atoms with Crippen molar-refractivity contribution in [3.63, 3.8) is 0 Å². The number of piperidine rings is 1. The fourth-order valence-corrected chi connectivity index (χ4v) is 7.23. The highest BCUT2D eigenvalue weighted by Gasteiger charge is 2.43. The van der Waals surface area contributed by atoms with Crippen LogP contribution in [0.1, 0.15) is 71.7 Å². The molecule has 0 amide bonds. The van der Waals surface area contributed by atoms with Gasteiger partial charge in [0, 0.05) is 40.1 Å². The van der Waals surface area contributed by atoms with E-state index in [-0.39, 0.29) is 11.7 Å². The lowest BCUT2D eigenvalue weighted by Gasteiger charge is -2.38. The average molecular weight is 542 g/mol. The first-order valence-electron chi connectivity index (χ1n) is 13.8. The molecule has 8 heteroatoms. The van der Waals surface area contributed by atoms with Gasteiger partial charge in [0.15, 0.2) is 5.13 Å². The summed E-state index contributed by atoms with van der Waals surface area (Å²) < 4.78 is 12.5. The summed E-state index contributed by atoms with van der Waals surface area (Å²) in [6.07, 6.45) is 6.82. The van der Waals surface area contributed by atoms with E-state index >= 15 is 0 Å². The van der Waals surface area contributed by atoms with Crippen molar-refractivity contribution in [1.82, 2.24) is 10.1 Å². The molecule has 3 atom stereocenters. The highest BCUT2D eigenvalue weighted by atomic mass is 32.1. The lowest BCUT2D eigenvalue weighted by atomic mass is 9.99. The molecule has 7 rings (SSSR count). The fourth-order valence-electron chi connectivity index (χ4n) is 6.25. The van der Waals surface area contributed by atoms with Gasteiger partial charge in [-0.15, -0.1) is 11.3 Å². The molecule has 200 valence electrons. The first-order chi connectivity index (χ1) is 19.0. The van der Waals surface area contributed by atoms with E-state index in [1.54, 1.807) is 23.5 Å². The van der Waals surface area contributed by atoms with Crippen molar-refractivity contribution in [3.05, 3.63) is 76.4 Å². The molecule has 0 unspecified atom stereocenters. The minimum Gasteiger partial charge on any atom is -0.478 e. The van der Waals surface area contributed by atoms with Crippen molar-refractivity contribution in [1.29, 1.82) is 0 Å². The molecule has 3 fully saturated rings. The summed E-state index contributed by atoms with van der Waals surface area (Å²) >= 11 is 1.67. The van der Waals surface area contributed by atoms with E-state index in [9.17, 15) is 9.90 Å². The Bertz CT molecular complexity index is 1490. The predicted molar refractivity (Wildman–Crippen MR) is 150 cm³/mol. The van der Waals surface area contributed by atoms with Gasteiger partial charge in [0.25, 0.3) is 0 Å². The number of aromatic carboxylic acids is 1. The summed E-state index contributed by atoms with van der Waals surface area (Å²) in [5, 5.41) is 16.8. The van der Waals surface area contributed by atoms with Crippen molar-refractivity contribution >= 4 is 22.4 Å². The van der Waals surface area contributed by atoms with Crippen molar-refractivity contribution in [2.75, 3.05) is 4.90 Å². The number of fused-ring (bicyclic) bond motifs is 2. The van der Waals surface area contributed by atoms with Crippen LogP contribution in [0.25, 0.3) is 22.5 Å². The standard InChI is InChI=1S/C31H31N3O4S/c1-18-4-2-3-5-25(18)28-26(29(38-33-28)20-8-9-20)16-37-24-14-22-12-13-23(15-24)34(22)31-32-27(17-39-31)19-6-10-21(11-7-19)30(35)36/h2-7,10-11,17,20,22-24H,8-9,12-16H2,1H3,(H,35,36)/t22-,23+,24+. The van der Waals surface area contributed by atoms with Crippen molar-refractivity contribution in [3.8, 4) is 22.5 Å². The minimum absolute atomic E-state index is 0.202. The van der Waals surface area contributed by atoms with Gasteiger partial charge in [-0.1, -0.05) is 41.6 Å². The lowest BCUT2D eigenvalue weighted by molar-refractivity contribution is 0.0147. The number of thiazole rings is 1. The highest BCUT2D eigenvalue weighted by molar-refractivity contribution is 7.14. The Morgan fingerprint density at radius 1 is 1.08 bits per heavy atom. The van der Waals surface area contributed by atoms with Gasteiger partial charge in [-0.3, -0.25) is 0 Å². The Kier molecular flexibility index (Phi) is 6.24. The first-order valence-corrected chi connectivity index (χ1v) is 14.7. The van der Waals surface area contributed by atoms with Crippen LogP contribution in [0.5, 0.6) is 0 Å². The van der Waals surface area contributed by atoms with Crippen molar-refractivity contribution in [2.24, 2.45) is 0 Å². The number of carbonyl (C=O) groups is 1. The Hall–Kier alpha value is -3.49. The van der Waals surface area contributed by atoms with Gasteiger partial charge < -0.3 is 19.3 Å². The fraction of sp³-hybridized carbons (Fsp3) is 0.387. The maximum Gasteiger partial charge on any atom is 0.335 e. The molecule has 1 saturated carbocycles. The zero-order chi connectivity index (χ0) is 26.5. The summed E-state index contributed by atoms with van der Waals surface area (Å²) in [6, 6.07) is 16.1. The number of benzene rings is 2. The molecule has 1 aliphatic carbocycles. The number of carboxylic acid groups (broad SMARTS) is 1. The Morgan fingerprint density at radius 2 is 1.82 bits per heavy atom. The third-order valence-corrected chi connectivity index (χ3v) is 9.31. The zero-order valence-corrected chi connectivity index (χ0v) is 22.7. The van der Waals surface area contributed by atoms with Crippen LogP contribution in [0, 0.1) is 6.92 Å².